The van der Waals surface area contributed by atoms with Crippen LogP contribution in [0.4, 0.5) is 5.82 Å². The van der Waals surface area contributed by atoms with Crippen LogP contribution in [0.1, 0.15) is 45.1 Å². The molecule has 0 spiro atoms. The highest BCUT2D eigenvalue weighted by Gasteiger charge is 2.42. The summed E-state index contributed by atoms with van der Waals surface area (Å²) in [6.07, 6.45) is 4.92. The molecule has 31 heavy (non-hydrogen) atoms. The Morgan fingerprint density at radius 1 is 1.16 bits per heavy atom. The minimum Gasteiger partial charge on any atom is -0.362 e. The van der Waals surface area contributed by atoms with Gasteiger partial charge in [-0.2, -0.15) is 0 Å². The summed E-state index contributed by atoms with van der Waals surface area (Å²) in [5.74, 6) is -0.0558. The molecule has 1 aliphatic carbocycles. The number of amides is 1. The Morgan fingerprint density at radius 2 is 1.90 bits per heavy atom. The number of allylic oxidation sites excluding steroid dienone is 3. The maximum absolute atomic E-state index is 13.4. The standard InChI is InChI=1S/C25H27N3O2S/c1-15-21(24(30)28-20-7-5-6-12-26-20)22(16-8-10-17(31-4)11-9-16)23-18(27-15)13-25(2,3)14-19(23)29/h5-12,22,27H,13-14H2,1-4H3,(H,26,28,30)/t22-/m0/s1. The van der Waals surface area contributed by atoms with Crippen LogP contribution in [0.25, 0.3) is 0 Å². The van der Waals surface area contributed by atoms with Crippen LogP contribution in [-0.4, -0.2) is 22.9 Å². The van der Waals surface area contributed by atoms with Gasteiger partial charge in [-0.05, 0) is 54.8 Å². The van der Waals surface area contributed by atoms with Crippen molar-refractivity contribution in [2.24, 2.45) is 5.41 Å². The van der Waals surface area contributed by atoms with Gasteiger partial charge >= 0.3 is 0 Å². The van der Waals surface area contributed by atoms with Crippen LogP contribution in [0, 0.1) is 5.41 Å². The molecular weight excluding hydrogens is 406 g/mol. The van der Waals surface area contributed by atoms with Gasteiger partial charge < -0.3 is 10.6 Å². The molecule has 0 unspecified atom stereocenters. The van der Waals surface area contributed by atoms with E-state index in [1.54, 1.807) is 30.1 Å². The van der Waals surface area contributed by atoms with Crippen molar-refractivity contribution in [3.05, 3.63) is 76.8 Å². The van der Waals surface area contributed by atoms with Gasteiger partial charge in [0.1, 0.15) is 5.82 Å². The zero-order valence-electron chi connectivity index (χ0n) is 18.3. The molecule has 0 saturated heterocycles. The number of thioether (sulfide) groups is 1. The number of nitrogens with one attached hydrogen (secondary N) is 2. The van der Waals surface area contributed by atoms with Gasteiger partial charge in [0.15, 0.2) is 5.78 Å². The van der Waals surface area contributed by atoms with Crippen molar-refractivity contribution in [1.29, 1.82) is 0 Å². The molecule has 2 heterocycles. The van der Waals surface area contributed by atoms with E-state index in [0.29, 0.717) is 23.4 Å². The van der Waals surface area contributed by atoms with E-state index in [9.17, 15) is 9.59 Å². The lowest BCUT2D eigenvalue weighted by Gasteiger charge is -2.39. The highest BCUT2D eigenvalue weighted by Crippen LogP contribution is 2.46. The summed E-state index contributed by atoms with van der Waals surface area (Å²) in [6, 6.07) is 13.5. The predicted octanol–water partition coefficient (Wildman–Crippen LogP) is 5.05. The molecular formula is C25H27N3O2S. The lowest BCUT2D eigenvalue weighted by atomic mass is 9.68. The van der Waals surface area contributed by atoms with Gasteiger partial charge in [0.25, 0.3) is 5.91 Å². The Labute approximate surface area is 187 Å². The smallest absolute Gasteiger partial charge is 0.255 e. The summed E-state index contributed by atoms with van der Waals surface area (Å²) < 4.78 is 0. The zero-order valence-corrected chi connectivity index (χ0v) is 19.1. The van der Waals surface area contributed by atoms with Crippen molar-refractivity contribution in [2.45, 2.75) is 44.4 Å². The molecule has 160 valence electrons. The average Bonchev–Trinajstić information content (AvgIpc) is 2.72. The fourth-order valence-corrected chi connectivity index (χ4v) is 4.90. The fourth-order valence-electron chi connectivity index (χ4n) is 4.49. The summed E-state index contributed by atoms with van der Waals surface area (Å²) in [4.78, 5) is 32.1. The second-order valence-corrected chi connectivity index (χ2v) is 9.75. The lowest BCUT2D eigenvalue weighted by Crippen LogP contribution is -2.39. The minimum absolute atomic E-state index is 0.105. The average molecular weight is 434 g/mol. The van der Waals surface area contributed by atoms with Crippen molar-refractivity contribution in [1.82, 2.24) is 10.3 Å². The number of carbonyl (C=O) groups excluding carboxylic acids is 2. The molecule has 1 atom stereocenters. The molecule has 1 aliphatic heterocycles. The Balaban J connectivity index is 1.80. The molecule has 4 rings (SSSR count). The van der Waals surface area contributed by atoms with E-state index >= 15 is 0 Å². The molecule has 1 aromatic carbocycles. The van der Waals surface area contributed by atoms with Crippen LogP contribution < -0.4 is 10.6 Å². The molecule has 0 fully saturated rings. The van der Waals surface area contributed by atoms with Crippen LogP contribution in [-0.2, 0) is 9.59 Å². The summed E-state index contributed by atoms with van der Waals surface area (Å²) in [5, 5.41) is 6.30. The predicted molar refractivity (Wildman–Crippen MR) is 125 cm³/mol. The number of hydrogen-bond donors (Lipinski definition) is 2. The fraction of sp³-hybridized carbons (Fsp3) is 0.320. The number of Topliss-reactive ketones (excluding diaryl/α,β-unsaturated/α-hetero) is 1. The number of hydrogen-bond acceptors (Lipinski definition) is 5. The number of carbonyl (C=O) groups is 2. The van der Waals surface area contributed by atoms with Crippen molar-refractivity contribution in [3.63, 3.8) is 0 Å². The van der Waals surface area contributed by atoms with E-state index in [0.717, 1.165) is 28.3 Å². The summed E-state index contributed by atoms with van der Waals surface area (Å²) in [6.45, 7) is 6.13. The number of rotatable bonds is 4. The first-order valence-electron chi connectivity index (χ1n) is 10.4. The van der Waals surface area contributed by atoms with Crippen molar-refractivity contribution in [3.8, 4) is 0 Å². The molecule has 0 radical (unpaired) electrons. The molecule has 1 aromatic heterocycles. The van der Waals surface area contributed by atoms with Gasteiger partial charge in [-0.1, -0.05) is 32.0 Å². The third kappa shape index (κ3) is 4.30. The number of aromatic nitrogens is 1. The Kier molecular flexibility index (Phi) is 5.75. The van der Waals surface area contributed by atoms with Crippen molar-refractivity contribution in [2.75, 3.05) is 11.6 Å². The Bertz CT molecular complexity index is 1090. The van der Waals surface area contributed by atoms with Gasteiger partial charge in [0.05, 0.1) is 0 Å². The van der Waals surface area contributed by atoms with Crippen LogP contribution in [0.5, 0.6) is 0 Å². The van der Waals surface area contributed by atoms with Crippen molar-refractivity contribution >= 4 is 29.3 Å². The summed E-state index contributed by atoms with van der Waals surface area (Å²) in [7, 11) is 0. The van der Waals surface area contributed by atoms with Crippen LogP contribution in [0.2, 0.25) is 0 Å². The van der Waals surface area contributed by atoms with Crippen LogP contribution in [0.15, 0.2) is 76.1 Å². The monoisotopic (exact) mass is 433 g/mol. The highest BCUT2D eigenvalue weighted by molar-refractivity contribution is 7.98. The molecule has 5 nitrogen and oxygen atoms in total. The van der Waals surface area contributed by atoms with Crippen LogP contribution >= 0.6 is 11.8 Å². The zero-order chi connectivity index (χ0) is 22.2. The second-order valence-electron chi connectivity index (χ2n) is 8.87. The summed E-state index contributed by atoms with van der Waals surface area (Å²) in [5.41, 5.74) is 3.83. The lowest BCUT2D eigenvalue weighted by molar-refractivity contribution is -0.118. The van der Waals surface area contributed by atoms with Gasteiger partial charge in [-0.25, -0.2) is 4.98 Å². The van der Waals surface area contributed by atoms with E-state index in [2.05, 4.69) is 29.5 Å². The van der Waals surface area contributed by atoms with Gasteiger partial charge in [0, 0.05) is 46.0 Å². The number of pyridine rings is 1. The molecule has 0 saturated carbocycles. The first kappa shape index (κ1) is 21.4. The minimum atomic E-state index is -0.403. The topological polar surface area (TPSA) is 71.1 Å². The third-order valence-corrected chi connectivity index (χ3v) is 6.58. The van der Waals surface area contributed by atoms with E-state index in [1.807, 2.05) is 43.5 Å². The molecule has 2 N–H and O–H groups in total. The maximum atomic E-state index is 13.4. The number of ketones is 1. The molecule has 2 aliphatic rings. The van der Waals surface area contributed by atoms with E-state index in [-0.39, 0.29) is 17.1 Å². The molecule has 1 amide bonds. The third-order valence-electron chi connectivity index (χ3n) is 5.84. The number of anilines is 1. The van der Waals surface area contributed by atoms with Crippen LogP contribution in [0.3, 0.4) is 0 Å². The Morgan fingerprint density at radius 3 is 2.55 bits per heavy atom. The number of nitrogens with zero attached hydrogens (tertiary/aromatic N) is 1. The van der Waals surface area contributed by atoms with E-state index in [1.165, 1.54) is 0 Å². The normalized spacial score (nSPS) is 20.3. The van der Waals surface area contributed by atoms with E-state index < -0.39 is 5.92 Å². The second kappa shape index (κ2) is 8.35. The van der Waals surface area contributed by atoms with Gasteiger partial charge in [-0.15, -0.1) is 11.8 Å². The Hall–Kier alpha value is -2.86. The highest BCUT2D eigenvalue weighted by atomic mass is 32.2. The number of benzene rings is 1. The van der Waals surface area contributed by atoms with Gasteiger partial charge in [-0.3, -0.25) is 9.59 Å². The first-order valence-corrected chi connectivity index (χ1v) is 11.6. The quantitative estimate of drug-likeness (QED) is 0.661. The largest absolute Gasteiger partial charge is 0.362 e. The van der Waals surface area contributed by atoms with Gasteiger partial charge in [0.2, 0.25) is 0 Å². The molecule has 0 bridgehead atoms. The SMILES string of the molecule is CSc1ccc([C@H]2C(C(=O)Nc3ccccn3)=C(C)NC3=C2C(=O)CC(C)(C)C3)cc1. The van der Waals surface area contributed by atoms with Crippen molar-refractivity contribution < 1.29 is 9.59 Å². The molecule has 2 aromatic rings. The maximum Gasteiger partial charge on any atom is 0.255 e. The molecule has 6 heteroatoms. The first-order chi connectivity index (χ1) is 14.8. The number of dihydropyridines is 1. The van der Waals surface area contributed by atoms with E-state index in [4.69, 9.17) is 0 Å². The summed E-state index contributed by atoms with van der Waals surface area (Å²) >= 11 is 1.67.